The van der Waals surface area contributed by atoms with E-state index in [1.807, 2.05) is 44.2 Å². The Bertz CT molecular complexity index is 355. The molecule has 0 unspecified atom stereocenters. The van der Waals surface area contributed by atoms with Crippen LogP contribution in [-0.2, 0) is 0 Å². The minimum atomic E-state index is 0.702. The van der Waals surface area contributed by atoms with E-state index in [1.54, 1.807) is 0 Å². The molecule has 0 atom stereocenters. The SMILES string of the molecule is C=C(/C=C\C)N(N)c1cccc(C)n1. The monoisotopic (exact) mass is 189 g/mol. The van der Waals surface area contributed by atoms with Gasteiger partial charge in [0.2, 0.25) is 0 Å². The maximum atomic E-state index is 5.81. The zero-order valence-corrected chi connectivity index (χ0v) is 8.57. The maximum absolute atomic E-state index is 5.81. The highest BCUT2D eigenvalue weighted by Crippen LogP contribution is 2.12. The molecule has 0 saturated heterocycles. The number of anilines is 1. The van der Waals surface area contributed by atoms with Crippen molar-refractivity contribution in [3.05, 3.63) is 48.3 Å². The minimum Gasteiger partial charge on any atom is -0.263 e. The van der Waals surface area contributed by atoms with Crippen molar-refractivity contribution >= 4 is 5.82 Å². The van der Waals surface area contributed by atoms with Gasteiger partial charge in [0.05, 0.1) is 5.70 Å². The number of hydrazine groups is 1. The fourth-order valence-corrected chi connectivity index (χ4v) is 1.08. The van der Waals surface area contributed by atoms with Crippen LogP contribution in [0.15, 0.2) is 42.6 Å². The molecule has 1 heterocycles. The second kappa shape index (κ2) is 4.58. The summed E-state index contributed by atoms with van der Waals surface area (Å²) in [6, 6.07) is 5.69. The minimum absolute atomic E-state index is 0.702. The van der Waals surface area contributed by atoms with Crippen molar-refractivity contribution in [2.45, 2.75) is 13.8 Å². The summed E-state index contributed by atoms with van der Waals surface area (Å²) < 4.78 is 0. The zero-order chi connectivity index (χ0) is 10.6. The topological polar surface area (TPSA) is 42.1 Å². The molecule has 14 heavy (non-hydrogen) atoms. The molecular weight excluding hydrogens is 174 g/mol. The molecular formula is C11H15N3. The number of pyridine rings is 1. The van der Waals surface area contributed by atoms with Crippen molar-refractivity contribution in [3.63, 3.8) is 0 Å². The van der Waals surface area contributed by atoms with Gasteiger partial charge in [-0.25, -0.2) is 10.8 Å². The van der Waals surface area contributed by atoms with Gasteiger partial charge in [-0.05, 0) is 32.1 Å². The van der Waals surface area contributed by atoms with Crippen LogP contribution in [0.5, 0.6) is 0 Å². The van der Waals surface area contributed by atoms with Crippen LogP contribution in [0.2, 0.25) is 0 Å². The molecule has 0 aliphatic rings. The van der Waals surface area contributed by atoms with Crippen LogP contribution in [0.25, 0.3) is 0 Å². The number of aromatic nitrogens is 1. The number of nitrogens with two attached hydrogens (primary N) is 1. The quantitative estimate of drug-likeness (QED) is 0.450. The number of aryl methyl sites for hydroxylation is 1. The maximum Gasteiger partial charge on any atom is 0.147 e. The third kappa shape index (κ3) is 2.44. The predicted octanol–water partition coefficient (Wildman–Crippen LogP) is 2.16. The third-order valence-corrected chi connectivity index (χ3v) is 1.79. The van der Waals surface area contributed by atoms with Crippen molar-refractivity contribution in [3.8, 4) is 0 Å². The lowest BCUT2D eigenvalue weighted by atomic mass is 10.3. The summed E-state index contributed by atoms with van der Waals surface area (Å²) in [6.45, 7) is 7.67. The van der Waals surface area contributed by atoms with Crippen molar-refractivity contribution in [2.75, 3.05) is 5.01 Å². The van der Waals surface area contributed by atoms with Crippen LogP contribution in [0.4, 0.5) is 5.82 Å². The van der Waals surface area contributed by atoms with E-state index in [0.29, 0.717) is 11.5 Å². The summed E-state index contributed by atoms with van der Waals surface area (Å²) in [5, 5.41) is 1.47. The smallest absolute Gasteiger partial charge is 0.147 e. The highest BCUT2D eigenvalue weighted by molar-refractivity contribution is 5.46. The van der Waals surface area contributed by atoms with Crippen molar-refractivity contribution in [1.82, 2.24) is 4.98 Å². The summed E-state index contributed by atoms with van der Waals surface area (Å²) in [4.78, 5) is 4.28. The molecule has 0 radical (unpaired) electrons. The largest absolute Gasteiger partial charge is 0.263 e. The second-order valence-corrected chi connectivity index (χ2v) is 3.00. The molecule has 1 aromatic heterocycles. The molecule has 74 valence electrons. The first-order valence-electron chi connectivity index (χ1n) is 4.45. The molecule has 0 bridgehead atoms. The molecule has 0 fully saturated rings. The fraction of sp³-hybridized carbons (Fsp3) is 0.182. The first kappa shape index (κ1) is 10.5. The summed E-state index contributed by atoms with van der Waals surface area (Å²) >= 11 is 0. The number of hydrogen-bond donors (Lipinski definition) is 1. The molecule has 2 N–H and O–H groups in total. The lowest BCUT2D eigenvalue weighted by molar-refractivity contribution is 0.979. The number of nitrogens with zero attached hydrogens (tertiary/aromatic N) is 2. The van der Waals surface area contributed by atoms with Gasteiger partial charge < -0.3 is 0 Å². The standard InChI is InChI=1S/C11H15N3/c1-4-6-10(3)14(12)11-8-5-7-9(2)13-11/h4-8H,3,12H2,1-2H3/b6-4-. The van der Waals surface area contributed by atoms with E-state index in [-0.39, 0.29) is 0 Å². The van der Waals surface area contributed by atoms with Crippen LogP contribution in [0.1, 0.15) is 12.6 Å². The van der Waals surface area contributed by atoms with Crippen LogP contribution in [-0.4, -0.2) is 4.98 Å². The van der Waals surface area contributed by atoms with Gasteiger partial charge in [-0.2, -0.15) is 0 Å². The lowest BCUT2D eigenvalue weighted by Crippen LogP contribution is -2.29. The van der Waals surface area contributed by atoms with Gasteiger partial charge in [0, 0.05) is 5.69 Å². The van der Waals surface area contributed by atoms with Gasteiger partial charge in [-0.15, -0.1) is 0 Å². The first-order chi connectivity index (χ1) is 6.65. The van der Waals surface area contributed by atoms with Gasteiger partial charge in [-0.1, -0.05) is 18.7 Å². The molecule has 0 aromatic carbocycles. The van der Waals surface area contributed by atoms with E-state index in [1.165, 1.54) is 5.01 Å². The number of rotatable bonds is 3. The Balaban J connectivity index is 2.89. The van der Waals surface area contributed by atoms with Crippen LogP contribution < -0.4 is 10.9 Å². The Hall–Kier alpha value is -1.61. The van der Waals surface area contributed by atoms with E-state index in [2.05, 4.69) is 11.6 Å². The van der Waals surface area contributed by atoms with Crippen LogP contribution in [0, 0.1) is 6.92 Å². The van der Waals surface area contributed by atoms with E-state index in [0.717, 1.165) is 5.69 Å². The summed E-state index contributed by atoms with van der Waals surface area (Å²) in [7, 11) is 0. The Labute approximate surface area is 84.5 Å². The van der Waals surface area contributed by atoms with E-state index in [4.69, 9.17) is 5.84 Å². The van der Waals surface area contributed by atoms with Crippen molar-refractivity contribution < 1.29 is 0 Å². The van der Waals surface area contributed by atoms with Crippen LogP contribution >= 0.6 is 0 Å². The third-order valence-electron chi connectivity index (χ3n) is 1.79. The van der Waals surface area contributed by atoms with Gasteiger partial charge in [0.15, 0.2) is 0 Å². The average Bonchev–Trinajstić information content (AvgIpc) is 2.17. The predicted molar refractivity (Wildman–Crippen MR) is 59.6 cm³/mol. The van der Waals surface area contributed by atoms with E-state index in [9.17, 15) is 0 Å². The van der Waals surface area contributed by atoms with E-state index >= 15 is 0 Å². The normalized spacial score (nSPS) is 10.5. The summed E-state index contributed by atoms with van der Waals surface area (Å²) in [5.41, 5.74) is 1.65. The Morgan fingerprint density at radius 3 is 2.86 bits per heavy atom. The second-order valence-electron chi connectivity index (χ2n) is 3.00. The number of allylic oxidation sites excluding steroid dienone is 2. The summed E-state index contributed by atoms with van der Waals surface area (Å²) in [6.07, 6.45) is 3.72. The molecule has 0 aliphatic carbocycles. The fourth-order valence-electron chi connectivity index (χ4n) is 1.08. The molecule has 0 aliphatic heterocycles. The molecule has 1 aromatic rings. The lowest BCUT2D eigenvalue weighted by Gasteiger charge is -2.17. The molecule has 1 rings (SSSR count). The van der Waals surface area contributed by atoms with Gasteiger partial charge >= 0.3 is 0 Å². The Morgan fingerprint density at radius 2 is 2.29 bits per heavy atom. The molecule has 3 nitrogen and oxygen atoms in total. The summed E-state index contributed by atoms with van der Waals surface area (Å²) in [5.74, 6) is 6.52. The van der Waals surface area contributed by atoms with Crippen molar-refractivity contribution in [2.24, 2.45) is 5.84 Å². The first-order valence-corrected chi connectivity index (χ1v) is 4.45. The zero-order valence-electron chi connectivity index (χ0n) is 8.57. The highest BCUT2D eigenvalue weighted by atomic mass is 15.4. The van der Waals surface area contributed by atoms with E-state index < -0.39 is 0 Å². The van der Waals surface area contributed by atoms with Crippen molar-refractivity contribution in [1.29, 1.82) is 0 Å². The molecule has 0 spiro atoms. The Morgan fingerprint density at radius 1 is 1.57 bits per heavy atom. The van der Waals surface area contributed by atoms with Gasteiger partial charge in [-0.3, -0.25) is 5.01 Å². The molecule has 0 amide bonds. The number of hydrogen-bond acceptors (Lipinski definition) is 3. The van der Waals surface area contributed by atoms with Gasteiger partial charge in [0.25, 0.3) is 0 Å². The average molecular weight is 189 g/mol. The molecule has 3 heteroatoms. The highest BCUT2D eigenvalue weighted by Gasteiger charge is 2.03. The van der Waals surface area contributed by atoms with Crippen LogP contribution in [0.3, 0.4) is 0 Å². The van der Waals surface area contributed by atoms with Gasteiger partial charge in [0.1, 0.15) is 5.82 Å². The Kier molecular flexibility index (Phi) is 3.42. The molecule has 0 saturated carbocycles.